The van der Waals surface area contributed by atoms with Crippen molar-refractivity contribution in [1.82, 2.24) is 0 Å². The van der Waals surface area contributed by atoms with E-state index in [-0.39, 0.29) is 44.8 Å². The van der Waals surface area contributed by atoms with Gasteiger partial charge >= 0.3 is 18.1 Å². The number of hydrogen-bond acceptors (Lipinski definition) is 12. The first kappa shape index (κ1) is 36.1. The smallest absolute Gasteiger partial charge is 0.373 e. The molecule has 0 aromatic heterocycles. The summed E-state index contributed by atoms with van der Waals surface area (Å²) in [5.74, 6) is 0.548. The van der Waals surface area contributed by atoms with Gasteiger partial charge < -0.3 is 37.9 Å². The van der Waals surface area contributed by atoms with Gasteiger partial charge in [0.1, 0.15) is 19.3 Å². The maximum Gasteiger partial charge on any atom is 0.373 e. The third-order valence-corrected chi connectivity index (χ3v) is 9.13. The molecule has 4 aliphatic rings. The zero-order valence-corrected chi connectivity index (χ0v) is 26.8. The number of benzene rings is 1. The van der Waals surface area contributed by atoms with Crippen LogP contribution in [0.3, 0.4) is 0 Å². The Morgan fingerprint density at radius 2 is 1.27 bits per heavy atom. The van der Waals surface area contributed by atoms with Crippen LogP contribution < -0.4 is 4.74 Å². The molecule has 0 radical (unpaired) electrons. The fourth-order valence-electron chi connectivity index (χ4n) is 7.30. The van der Waals surface area contributed by atoms with Crippen molar-refractivity contribution < 1.29 is 57.1 Å². The molecule has 12 heteroatoms. The molecule has 4 atom stereocenters. The Morgan fingerprint density at radius 1 is 0.756 bits per heavy atom. The van der Waals surface area contributed by atoms with Crippen molar-refractivity contribution in [3.8, 4) is 5.75 Å². The van der Waals surface area contributed by atoms with E-state index in [0.29, 0.717) is 25.0 Å². The van der Waals surface area contributed by atoms with Gasteiger partial charge in [0.15, 0.2) is 12.2 Å². The zero-order chi connectivity index (χ0) is 33.0. The topological polar surface area (TPSA) is 142 Å². The van der Waals surface area contributed by atoms with Crippen LogP contribution in [0.4, 0.5) is 0 Å². The Balaban J connectivity index is 0.000000238. The van der Waals surface area contributed by atoms with Crippen LogP contribution in [-0.2, 0) is 58.8 Å². The number of rotatable bonds is 14. The fourth-order valence-corrected chi connectivity index (χ4v) is 7.30. The van der Waals surface area contributed by atoms with E-state index in [9.17, 15) is 9.59 Å². The van der Waals surface area contributed by atoms with Crippen LogP contribution in [-0.4, -0.2) is 87.2 Å². The molecule has 0 amide bonds. The number of methoxy groups -OCH3 is 5. The first-order valence-electron chi connectivity index (χ1n) is 14.7. The standard InChI is InChI=1S/C17H26O8.C15H18O2.CO2/c1-20-10-24-8-16(9-25-11-21-2)12-5-6-13(7-12)17(16,14(18)22-3)15(19)23-4;1-3-10-7-13-11-4-5-12(6-11)14(13)8-15(10)17-9-16-2;2-1-3/h5-6,12-13H,7-11H2,1-4H3;4-5,7-8,11-12H,3,6,9H2,1-2H3;. The third kappa shape index (κ3) is 6.91. The van der Waals surface area contributed by atoms with E-state index in [2.05, 4.69) is 31.2 Å². The van der Waals surface area contributed by atoms with Crippen LogP contribution in [0.15, 0.2) is 36.4 Å². The molecular formula is C33H44O12. The summed E-state index contributed by atoms with van der Waals surface area (Å²) in [5.41, 5.74) is 1.77. The number of ether oxygens (including phenoxy) is 8. The Hall–Kier alpha value is -3.38. The largest absolute Gasteiger partial charge is 0.468 e. The van der Waals surface area contributed by atoms with Crippen LogP contribution in [0.2, 0.25) is 0 Å². The molecule has 0 aliphatic heterocycles. The van der Waals surface area contributed by atoms with E-state index in [1.54, 1.807) is 7.11 Å². The Labute approximate surface area is 263 Å². The normalized spacial score (nSPS) is 23.2. The summed E-state index contributed by atoms with van der Waals surface area (Å²) in [4.78, 5) is 42.0. The van der Waals surface area contributed by atoms with Gasteiger partial charge in [0.2, 0.25) is 0 Å². The molecule has 4 unspecified atom stereocenters. The summed E-state index contributed by atoms with van der Waals surface area (Å²) in [6.07, 6.45) is 11.7. The van der Waals surface area contributed by atoms with Crippen LogP contribution in [0.1, 0.15) is 48.3 Å². The summed E-state index contributed by atoms with van der Waals surface area (Å²) in [7, 11) is 7.19. The molecule has 12 nitrogen and oxygen atoms in total. The highest BCUT2D eigenvalue weighted by molar-refractivity contribution is 6.03. The second kappa shape index (κ2) is 16.8. The maximum atomic E-state index is 12.9. The molecule has 1 fully saturated rings. The molecule has 1 aromatic rings. The highest BCUT2D eigenvalue weighted by Gasteiger charge is 2.75. The minimum absolute atomic E-state index is 0.0333. The number of carbonyl (C=O) groups is 2. The quantitative estimate of drug-likeness (QED) is 0.0973. The van der Waals surface area contributed by atoms with Gasteiger partial charge in [-0.15, -0.1) is 0 Å². The van der Waals surface area contributed by atoms with Crippen LogP contribution in [0, 0.1) is 22.7 Å². The number of hydrogen-bond donors (Lipinski definition) is 0. The number of allylic oxidation sites excluding steroid dienone is 4. The van der Waals surface area contributed by atoms with Crippen LogP contribution in [0.5, 0.6) is 5.75 Å². The lowest BCUT2D eigenvalue weighted by molar-refractivity contribution is -0.202. The molecule has 4 bridgehead atoms. The number of esters is 2. The molecule has 0 spiro atoms. The minimum atomic E-state index is -1.53. The van der Waals surface area contributed by atoms with Crippen molar-refractivity contribution in [2.75, 3.05) is 69.1 Å². The highest BCUT2D eigenvalue weighted by Crippen LogP contribution is 2.65. The average Bonchev–Trinajstić information content (AvgIpc) is 3.85. The summed E-state index contributed by atoms with van der Waals surface area (Å²) in [5, 5.41) is 0. The molecule has 0 heterocycles. The molecule has 0 saturated heterocycles. The van der Waals surface area contributed by atoms with Crippen molar-refractivity contribution in [2.45, 2.75) is 38.0 Å². The lowest BCUT2D eigenvalue weighted by Crippen LogP contribution is -2.60. The van der Waals surface area contributed by atoms with Crippen molar-refractivity contribution in [3.63, 3.8) is 0 Å². The Bertz CT molecular complexity index is 1220. The van der Waals surface area contributed by atoms with Crippen molar-refractivity contribution >= 4 is 18.1 Å². The predicted octanol–water partition coefficient (Wildman–Crippen LogP) is 3.54. The van der Waals surface area contributed by atoms with Crippen molar-refractivity contribution in [1.29, 1.82) is 0 Å². The average molecular weight is 633 g/mol. The van der Waals surface area contributed by atoms with Gasteiger partial charge in [-0.1, -0.05) is 37.3 Å². The highest BCUT2D eigenvalue weighted by atomic mass is 16.7. The van der Waals surface area contributed by atoms with Gasteiger partial charge in [-0.3, -0.25) is 9.59 Å². The summed E-state index contributed by atoms with van der Waals surface area (Å²) >= 11 is 0. The summed E-state index contributed by atoms with van der Waals surface area (Å²) in [6.45, 7) is 2.73. The number of carbonyl (C=O) groups excluding carboxylic acids is 4. The van der Waals surface area contributed by atoms with Gasteiger partial charge in [-0.05, 0) is 47.9 Å². The van der Waals surface area contributed by atoms with E-state index >= 15 is 0 Å². The van der Waals surface area contributed by atoms with E-state index < -0.39 is 22.8 Å². The Morgan fingerprint density at radius 3 is 1.76 bits per heavy atom. The first-order valence-corrected chi connectivity index (χ1v) is 14.7. The second-order valence-corrected chi connectivity index (χ2v) is 11.2. The van der Waals surface area contributed by atoms with E-state index in [0.717, 1.165) is 12.2 Å². The lowest BCUT2D eigenvalue weighted by atomic mass is 9.58. The maximum absolute atomic E-state index is 12.9. The zero-order valence-electron chi connectivity index (χ0n) is 26.8. The summed E-state index contributed by atoms with van der Waals surface area (Å²) in [6, 6.07) is 4.55. The SMILES string of the molecule is CCc1cc2c(cc1OCOC)C1C=CC2C1.COCOCC1(COCOC)C2C=CC(C2)C1(C(=O)OC)C(=O)OC.O=C=O. The predicted molar refractivity (Wildman–Crippen MR) is 158 cm³/mol. The number of fused-ring (bicyclic) bond motifs is 7. The molecule has 0 N–H and O–H groups in total. The first-order chi connectivity index (χ1) is 21.8. The van der Waals surface area contributed by atoms with Crippen molar-refractivity contribution in [3.05, 3.63) is 53.1 Å². The molecule has 4 aliphatic carbocycles. The molecular weight excluding hydrogens is 588 g/mol. The van der Waals surface area contributed by atoms with Gasteiger partial charge in [-0.2, -0.15) is 9.59 Å². The monoisotopic (exact) mass is 632 g/mol. The second-order valence-electron chi connectivity index (χ2n) is 11.2. The van der Waals surface area contributed by atoms with Gasteiger partial charge in [0.25, 0.3) is 0 Å². The third-order valence-electron chi connectivity index (χ3n) is 9.13. The van der Waals surface area contributed by atoms with Crippen LogP contribution in [0.25, 0.3) is 0 Å². The van der Waals surface area contributed by atoms with Crippen molar-refractivity contribution in [2.24, 2.45) is 22.7 Å². The molecule has 5 rings (SSSR count). The van der Waals surface area contributed by atoms with E-state index in [4.69, 9.17) is 47.5 Å². The lowest BCUT2D eigenvalue weighted by Gasteiger charge is -2.46. The van der Waals surface area contributed by atoms with Gasteiger partial charge in [0, 0.05) is 39.1 Å². The van der Waals surface area contributed by atoms with Gasteiger partial charge in [-0.25, -0.2) is 0 Å². The molecule has 45 heavy (non-hydrogen) atoms. The molecule has 248 valence electrons. The van der Waals surface area contributed by atoms with Gasteiger partial charge in [0.05, 0.1) is 32.8 Å². The molecule has 1 aromatic carbocycles. The minimum Gasteiger partial charge on any atom is -0.468 e. The van der Waals surface area contributed by atoms with E-state index in [1.807, 2.05) is 12.2 Å². The summed E-state index contributed by atoms with van der Waals surface area (Å²) < 4.78 is 41.8. The Kier molecular flexibility index (Phi) is 13.5. The fraction of sp³-hybridized carbons (Fsp3) is 0.606. The number of aryl methyl sites for hydroxylation is 1. The van der Waals surface area contributed by atoms with Crippen LogP contribution >= 0.6 is 0 Å². The molecule has 1 saturated carbocycles. The van der Waals surface area contributed by atoms with E-state index in [1.165, 1.54) is 51.6 Å².